The largest absolute Gasteiger partial charge is 0.478 e. The van der Waals surface area contributed by atoms with E-state index in [1.165, 1.54) is 12.1 Å². The fraction of sp³-hybridized carbons (Fsp3) is 0.292. The molecule has 2 fully saturated rings. The monoisotopic (exact) mass is 483 g/mol. The molecule has 3 aromatic rings. The summed E-state index contributed by atoms with van der Waals surface area (Å²) in [5.74, 6) is 0.151. The number of hydrogen-bond acceptors (Lipinski definition) is 5. The van der Waals surface area contributed by atoms with Crippen molar-refractivity contribution in [2.24, 2.45) is 0 Å². The minimum Gasteiger partial charge on any atom is -0.478 e. The van der Waals surface area contributed by atoms with E-state index in [4.69, 9.17) is 33.0 Å². The number of aromatic nitrogens is 1. The molecule has 0 aliphatic carbocycles. The Bertz CT molecular complexity index is 1180. The number of halogens is 1. The Hall–Kier alpha value is -2.94. The van der Waals surface area contributed by atoms with Gasteiger partial charge in [0, 0.05) is 24.9 Å². The number of aromatic carboxylic acids is 1. The Balaban J connectivity index is 1.53. The van der Waals surface area contributed by atoms with Gasteiger partial charge in [-0.2, -0.15) is 0 Å². The SMILES string of the molecule is O=C(O)c1ccc(Cl)c(-c2ccc([C@@H]3[C@@H](c4ccccn4)NC(=S)N3C[C@H]3CCCO3)o2)c1. The molecule has 9 heteroatoms. The second kappa shape index (κ2) is 9.13. The van der Waals surface area contributed by atoms with Crippen LogP contribution in [0.25, 0.3) is 11.3 Å². The molecule has 0 unspecified atom stereocenters. The number of thiocarbonyl (C=S) groups is 1. The standard InChI is InChI=1S/C24H22ClN3O4S/c25-17-7-6-14(23(29)30)12-16(17)19-8-9-20(32-19)22-21(18-5-1-2-10-26-18)27-24(33)28(22)13-15-4-3-11-31-15/h1-2,5-10,12,15,21-22H,3-4,11,13H2,(H,27,33)(H,29,30)/t15-,21-,22-/m1/s1. The van der Waals surface area contributed by atoms with Crippen LogP contribution in [0.2, 0.25) is 5.02 Å². The molecule has 0 spiro atoms. The number of pyridine rings is 1. The van der Waals surface area contributed by atoms with E-state index in [2.05, 4.69) is 15.2 Å². The third-order valence-electron chi connectivity index (χ3n) is 6.02. The highest BCUT2D eigenvalue weighted by Crippen LogP contribution is 2.41. The molecule has 5 rings (SSSR count). The second-order valence-electron chi connectivity index (χ2n) is 8.12. The maximum absolute atomic E-state index is 11.4. The Morgan fingerprint density at radius 3 is 2.88 bits per heavy atom. The van der Waals surface area contributed by atoms with Gasteiger partial charge in [-0.3, -0.25) is 4.98 Å². The zero-order valence-electron chi connectivity index (χ0n) is 17.6. The molecule has 7 nitrogen and oxygen atoms in total. The molecule has 0 amide bonds. The van der Waals surface area contributed by atoms with Crippen molar-refractivity contribution in [1.29, 1.82) is 0 Å². The molecular formula is C24H22ClN3O4S. The van der Waals surface area contributed by atoms with Crippen LogP contribution in [0.5, 0.6) is 0 Å². The number of carboxylic acid groups (broad SMARTS) is 1. The third kappa shape index (κ3) is 4.34. The van der Waals surface area contributed by atoms with Crippen LogP contribution < -0.4 is 5.32 Å². The van der Waals surface area contributed by atoms with Gasteiger partial charge < -0.3 is 24.5 Å². The van der Waals surface area contributed by atoms with Crippen LogP contribution in [0.15, 0.2) is 59.1 Å². The number of benzene rings is 1. The number of nitrogens with zero attached hydrogens (tertiary/aromatic N) is 2. The Morgan fingerprint density at radius 2 is 2.15 bits per heavy atom. The van der Waals surface area contributed by atoms with Gasteiger partial charge in [0.25, 0.3) is 0 Å². The summed E-state index contributed by atoms with van der Waals surface area (Å²) in [5.41, 5.74) is 1.52. The molecule has 2 saturated heterocycles. The van der Waals surface area contributed by atoms with Crippen LogP contribution in [0, 0.1) is 0 Å². The summed E-state index contributed by atoms with van der Waals surface area (Å²) < 4.78 is 12.1. The molecule has 0 bridgehead atoms. The smallest absolute Gasteiger partial charge is 0.335 e. The van der Waals surface area contributed by atoms with Gasteiger partial charge in [-0.25, -0.2) is 4.79 Å². The summed E-state index contributed by atoms with van der Waals surface area (Å²) >= 11 is 12.1. The van der Waals surface area contributed by atoms with Crippen molar-refractivity contribution in [3.8, 4) is 11.3 Å². The van der Waals surface area contributed by atoms with Crippen molar-refractivity contribution in [2.75, 3.05) is 13.2 Å². The van der Waals surface area contributed by atoms with Crippen LogP contribution >= 0.6 is 23.8 Å². The number of furan rings is 1. The summed E-state index contributed by atoms with van der Waals surface area (Å²) in [6, 6.07) is 13.6. The van der Waals surface area contributed by atoms with Gasteiger partial charge in [0.05, 0.1) is 28.4 Å². The normalized spacial score (nSPS) is 22.5. The van der Waals surface area contributed by atoms with Crippen LogP contribution in [-0.4, -0.2) is 45.3 Å². The predicted molar refractivity (Wildman–Crippen MR) is 127 cm³/mol. The van der Waals surface area contributed by atoms with Crippen molar-refractivity contribution >= 4 is 34.9 Å². The molecule has 170 valence electrons. The highest BCUT2D eigenvalue weighted by Gasteiger charge is 2.43. The Kier molecular flexibility index (Phi) is 6.05. The quantitative estimate of drug-likeness (QED) is 0.481. The zero-order chi connectivity index (χ0) is 22.9. The van der Waals surface area contributed by atoms with Gasteiger partial charge in [-0.1, -0.05) is 17.7 Å². The van der Waals surface area contributed by atoms with E-state index in [-0.39, 0.29) is 23.8 Å². The summed E-state index contributed by atoms with van der Waals surface area (Å²) in [6.07, 6.45) is 3.88. The van der Waals surface area contributed by atoms with Gasteiger partial charge in [0.15, 0.2) is 5.11 Å². The number of ether oxygens (including phenoxy) is 1. The van der Waals surface area contributed by atoms with Gasteiger partial charge >= 0.3 is 5.97 Å². The molecule has 2 aliphatic rings. The first kappa shape index (κ1) is 21.9. The number of carboxylic acids is 1. The minimum absolute atomic E-state index is 0.103. The van der Waals surface area contributed by atoms with Gasteiger partial charge in [0.1, 0.15) is 17.6 Å². The molecule has 0 radical (unpaired) electrons. The number of carbonyl (C=O) groups is 1. The highest BCUT2D eigenvalue weighted by molar-refractivity contribution is 7.80. The number of hydrogen-bond donors (Lipinski definition) is 2. The first-order chi connectivity index (χ1) is 16.0. The fourth-order valence-corrected chi connectivity index (χ4v) is 4.95. The predicted octanol–water partition coefficient (Wildman–Crippen LogP) is 4.84. The van der Waals surface area contributed by atoms with Gasteiger partial charge in [-0.15, -0.1) is 0 Å². The molecule has 2 aromatic heterocycles. The lowest BCUT2D eigenvalue weighted by molar-refractivity contribution is 0.0697. The molecular weight excluding hydrogens is 462 g/mol. The maximum atomic E-state index is 11.4. The average Bonchev–Trinajstić information content (AvgIpc) is 3.56. The van der Waals surface area contributed by atoms with Gasteiger partial charge in [0.2, 0.25) is 0 Å². The highest BCUT2D eigenvalue weighted by atomic mass is 35.5. The van der Waals surface area contributed by atoms with E-state index in [0.717, 1.165) is 25.1 Å². The maximum Gasteiger partial charge on any atom is 0.335 e. The van der Waals surface area contributed by atoms with E-state index in [9.17, 15) is 9.90 Å². The molecule has 4 heterocycles. The molecule has 3 atom stereocenters. The summed E-state index contributed by atoms with van der Waals surface area (Å²) in [7, 11) is 0. The van der Waals surface area contributed by atoms with Crippen molar-refractivity contribution in [3.63, 3.8) is 0 Å². The molecule has 2 aliphatic heterocycles. The summed E-state index contributed by atoms with van der Waals surface area (Å²) in [6.45, 7) is 1.40. The lowest BCUT2D eigenvalue weighted by atomic mass is 10.0. The third-order valence-corrected chi connectivity index (χ3v) is 6.70. The fourth-order valence-electron chi connectivity index (χ4n) is 4.42. The van der Waals surface area contributed by atoms with Crippen LogP contribution in [0.4, 0.5) is 0 Å². The average molecular weight is 484 g/mol. The lowest BCUT2D eigenvalue weighted by Gasteiger charge is -2.28. The van der Waals surface area contributed by atoms with Crippen molar-refractivity contribution in [2.45, 2.75) is 31.0 Å². The van der Waals surface area contributed by atoms with Crippen molar-refractivity contribution < 1.29 is 19.1 Å². The zero-order valence-corrected chi connectivity index (χ0v) is 19.2. The topological polar surface area (TPSA) is 87.8 Å². The van der Waals surface area contributed by atoms with Crippen molar-refractivity contribution in [3.05, 3.63) is 76.8 Å². The van der Waals surface area contributed by atoms with E-state index >= 15 is 0 Å². The van der Waals surface area contributed by atoms with E-state index in [0.29, 0.717) is 33.8 Å². The lowest BCUT2D eigenvalue weighted by Crippen LogP contribution is -2.36. The first-order valence-corrected chi connectivity index (χ1v) is 11.5. The van der Waals surface area contributed by atoms with E-state index in [1.807, 2.05) is 30.3 Å². The number of rotatable bonds is 6. The molecule has 1 aromatic carbocycles. The Morgan fingerprint density at radius 1 is 1.27 bits per heavy atom. The molecule has 33 heavy (non-hydrogen) atoms. The summed E-state index contributed by atoms with van der Waals surface area (Å²) in [5, 5.41) is 13.8. The molecule has 0 saturated carbocycles. The van der Waals surface area contributed by atoms with Crippen molar-refractivity contribution in [1.82, 2.24) is 15.2 Å². The van der Waals surface area contributed by atoms with E-state index in [1.54, 1.807) is 12.3 Å². The van der Waals surface area contributed by atoms with Crippen LogP contribution in [0.1, 0.15) is 46.7 Å². The van der Waals surface area contributed by atoms with Crippen LogP contribution in [0.3, 0.4) is 0 Å². The second-order valence-corrected chi connectivity index (χ2v) is 8.91. The minimum atomic E-state index is -1.03. The molecule has 2 N–H and O–H groups in total. The first-order valence-electron chi connectivity index (χ1n) is 10.7. The van der Waals surface area contributed by atoms with Crippen LogP contribution in [-0.2, 0) is 4.74 Å². The van der Waals surface area contributed by atoms with E-state index < -0.39 is 5.97 Å². The number of nitrogens with one attached hydrogen (secondary N) is 1. The summed E-state index contributed by atoms with van der Waals surface area (Å²) in [4.78, 5) is 18.1. The Labute approximate surface area is 201 Å². The van der Waals surface area contributed by atoms with Gasteiger partial charge in [-0.05, 0) is 67.5 Å².